The second-order valence-corrected chi connectivity index (χ2v) is 12.8. The number of carbonyl (C=O) groups is 2. The van der Waals surface area contributed by atoms with Crippen LogP contribution in [0.15, 0.2) is 29.8 Å². The summed E-state index contributed by atoms with van der Waals surface area (Å²) >= 11 is 1.55. The minimum atomic E-state index is -1.23. The zero-order valence-electron chi connectivity index (χ0n) is 24.1. The molecule has 0 radical (unpaired) electrons. The predicted octanol–water partition coefficient (Wildman–Crippen LogP) is 6.01. The number of ketones is 1. The van der Waals surface area contributed by atoms with Crippen LogP contribution in [0.5, 0.6) is 0 Å². The van der Waals surface area contributed by atoms with E-state index in [-0.39, 0.29) is 18.1 Å². The van der Waals surface area contributed by atoms with Gasteiger partial charge in [0.2, 0.25) is 0 Å². The molecule has 0 amide bonds. The van der Waals surface area contributed by atoms with Crippen molar-refractivity contribution in [1.29, 1.82) is 0 Å². The molecule has 3 rings (SSSR count). The van der Waals surface area contributed by atoms with E-state index in [9.17, 15) is 19.8 Å². The topological polar surface area (TPSA) is 123 Å². The molecule has 2 heterocycles. The molecule has 1 aromatic carbocycles. The van der Waals surface area contributed by atoms with Crippen LogP contribution < -0.4 is 5.73 Å². The summed E-state index contributed by atoms with van der Waals surface area (Å²) in [4.78, 5) is 31.5. The quantitative estimate of drug-likeness (QED) is 0.303. The fraction of sp³-hybridized carbons (Fsp3) is 0.645. The molecule has 5 atom stereocenters. The molecular formula is C31H46N2O5S. The minimum Gasteiger partial charge on any atom is -0.457 e. The number of aromatic nitrogens is 1. The highest BCUT2D eigenvalue weighted by atomic mass is 32.1. The van der Waals surface area contributed by atoms with Crippen molar-refractivity contribution >= 4 is 33.3 Å². The van der Waals surface area contributed by atoms with Crippen LogP contribution in [0.25, 0.3) is 10.2 Å². The average molecular weight is 559 g/mol. The molecule has 7 nitrogen and oxygen atoms in total. The number of aliphatic hydroxyl groups is 2. The second-order valence-electron chi connectivity index (χ2n) is 11.7. The Morgan fingerprint density at radius 1 is 1.23 bits per heavy atom. The molecule has 0 fully saturated rings. The zero-order valence-corrected chi connectivity index (χ0v) is 24.9. The lowest BCUT2D eigenvalue weighted by Crippen LogP contribution is -2.46. The highest BCUT2D eigenvalue weighted by molar-refractivity contribution is 7.18. The van der Waals surface area contributed by atoms with E-state index in [1.807, 2.05) is 25.1 Å². The van der Waals surface area contributed by atoms with Crippen molar-refractivity contribution in [3.05, 3.63) is 40.4 Å². The maximum Gasteiger partial charge on any atom is 0.309 e. The summed E-state index contributed by atoms with van der Waals surface area (Å²) in [6, 6.07) is 5.87. The first-order valence-electron chi connectivity index (χ1n) is 14.3. The Morgan fingerprint density at radius 3 is 2.67 bits per heavy atom. The van der Waals surface area contributed by atoms with Crippen LogP contribution in [0, 0.1) is 17.3 Å². The lowest BCUT2D eigenvalue weighted by Gasteiger charge is -2.36. The third kappa shape index (κ3) is 7.97. The Kier molecular flexibility index (Phi) is 11.2. The van der Waals surface area contributed by atoms with Gasteiger partial charge in [-0.15, -0.1) is 11.3 Å². The molecule has 4 N–H and O–H groups in total. The van der Waals surface area contributed by atoms with E-state index in [1.54, 1.807) is 25.2 Å². The number of Topliss-reactive ketones (excluding diaryl/α,β-unsaturated/α-hetero) is 1. The van der Waals surface area contributed by atoms with Crippen molar-refractivity contribution in [2.45, 2.75) is 111 Å². The number of benzene rings is 1. The second kappa shape index (κ2) is 14.0. The monoisotopic (exact) mass is 558 g/mol. The van der Waals surface area contributed by atoms with E-state index < -0.39 is 35.6 Å². The fourth-order valence-corrected chi connectivity index (χ4v) is 6.18. The van der Waals surface area contributed by atoms with Gasteiger partial charge in [-0.25, -0.2) is 4.98 Å². The van der Waals surface area contributed by atoms with Gasteiger partial charge in [0.25, 0.3) is 0 Å². The highest BCUT2D eigenvalue weighted by Crippen LogP contribution is 2.36. The van der Waals surface area contributed by atoms with Crippen LogP contribution in [-0.2, 0) is 20.9 Å². The Bertz CT molecular complexity index is 1160. The molecule has 5 unspecified atom stereocenters. The number of thiazole rings is 1. The van der Waals surface area contributed by atoms with Gasteiger partial charge < -0.3 is 20.7 Å². The van der Waals surface area contributed by atoms with Crippen LogP contribution >= 0.6 is 11.3 Å². The summed E-state index contributed by atoms with van der Waals surface area (Å²) in [6.45, 7) is 9.83. The zero-order chi connectivity index (χ0) is 28.7. The number of carbonyl (C=O) groups excluding carboxylic acids is 2. The van der Waals surface area contributed by atoms with Gasteiger partial charge in [-0.1, -0.05) is 58.3 Å². The van der Waals surface area contributed by atoms with Gasteiger partial charge in [-0.05, 0) is 56.2 Å². The summed E-state index contributed by atoms with van der Waals surface area (Å²) < 4.78 is 6.97. The van der Waals surface area contributed by atoms with Gasteiger partial charge in [-0.3, -0.25) is 9.59 Å². The summed E-state index contributed by atoms with van der Waals surface area (Å²) in [5, 5.41) is 23.2. The van der Waals surface area contributed by atoms with Crippen molar-refractivity contribution in [2.75, 3.05) is 0 Å². The molecule has 0 saturated carbocycles. The molecule has 2 aromatic rings. The van der Waals surface area contributed by atoms with Crippen molar-refractivity contribution in [1.82, 2.24) is 4.98 Å². The minimum absolute atomic E-state index is 0.0505. The Morgan fingerprint density at radius 2 is 1.97 bits per heavy atom. The van der Waals surface area contributed by atoms with E-state index >= 15 is 0 Å². The lowest BCUT2D eigenvalue weighted by molar-refractivity contribution is -0.156. The molecule has 0 bridgehead atoms. The van der Waals surface area contributed by atoms with Gasteiger partial charge in [0.1, 0.15) is 16.9 Å². The van der Waals surface area contributed by atoms with Crippen molar-refractivity contribution < 1.29 is 24.5 Å². The molecule has 1 aliphatic heterocycles. The van der Waals surface area contributed by atoms with Crippen LogP contribution in [0.1, 0.15) is 103 Å². The van der Waals surface area contributed by atoms with Crippen molar-refractivity contribution in [2.24, 2.45) is 23.0 Å². The lowest BCUT2D eigenvalue weighted by atomic mass is 9.71. The first-order chi connectivity index (χ1) is 18.5. The Balaban J connectivity index is 1.92. The van der Waals surface area contributed by atoms with E-state index in [4.69, 9.17) is 10.5 Å². The number of rotatable bonds is 5. The number of fused-ring (bicyclic) bond motifs is 1. The van der Waals surface area contributed by atoms with Crippen molar-refractivity contribution in [3.63, 3.8) is 0 Å². The van der Waals surface area contributed by atoms with E-state index in [0.29, 0.717) is 19.4 Å². The molecule has 39 heavy (non-hydrogen) atoms. The number of hydrogen-bond acceptors (Lipinski definition) is 8. The number of nitrogens with zero attached hydrogens (tertiary/aromatic N) is 1. The number of aliphatic hydroxyl groups excluding tert-OH is 2. The smallest absolute Gasteiger partial charge is 0.309 e. The number of esters is 1. The maximum atomic E-state index is 13.7. The standard InChI is InChI=1S/C31H46N2O5S/c1-6-7-11-22-29(36)20(3)10-8-9-19(2)12-14-24(38-28(35)17-26(34)31(4,5)30(22)37)21-13-15-25-23(16-21)33-27(18-32)39-25/h12-13,15-16,20,22,24,26,29,34,36H,6-11,14,17-18,32H2,1-5H3. The predicted molar refractivity (Wildman–Crippen MR) is 156 cm³/mol. The Labute approximate surface area is 236 Å². The van der Waals surface area contributed by atoms with Gasteiger partial charge >= 0.3 is 5.97 Å². The molecule has 0 aliphatic carbocycles. The molecule has 216 valence electrons. The number of nitrogens with two attached hydrogens (primary N) is 1. The van der Waals surface area contributed by atoms with Crippen LogP contribution in [0.4, 0.5) is 0 Å². The normalized spacial score (nSPS) is 27.8. The fourth-order valence-electron chi connectivity index (χ4n) is 5.36. The van der Waals surface area contributed by atoms with E-state index in [2.05, 4.69) is 24.9 Å². The van der Waals surface area contributed by atoms with Gasteiger partial charge in [-0.2, -0.15) is 0 Å². The van der Waals surface area contributed by atoms with Crippen LogP contribution in [-0.4, -0.2) is 39.2 Å². The molecule has 0 spiro atoms. The summed E-state index contributed by atoms with van der Waals surface area (Å²) in [6.07, 6.45) is 4.56. The first kappa shape index (κ1) is 31.4. The average Bonchev–Trinajstić information content (AvgIpc) is 3.32. The number of ether oxygens (including phenoxy) is 1. The third-order valence-electron chi connectivity index (χ3n) is 8.22. The summed E-state index contributed by atoms with van der Waals surface area (Å²) in [5.41, 5.74) is 7.40. The largest absolute Gasteiger partial charge is 0.457 e. The molecule has 8 heteroatoms. The SMILES string of the molecule is CCCCC1C(=O)C(C)(C)C(O)CC(=O)OC(c2ccc3sc(CN)nc3c2)CC=C(C)CCCC(C)C1O. The molecule has 1 aromatic heterocycles. The first-order valence-corrected chi connectivity index (χ1v) is 15.1. The molecular weight excluding hydrogens is 512 g/mol. The molecule has 0 saturated heterocycles. The number of hydrogen-bond donors (Lipinski definition) is 3. The summed E-state index contributed by atoms with van der Waals surface area (Å²) in [5.74, 6) is -1.39. The van der Waals surface area contributed by atoms with E-state index in [1.165, 1.54) is 5.57 Å². The number of allylic oxidation sites excluding steroid dienone is 1. The summed E-state index contributed by atoms with van der Waals surface area (Å²) in [7, 11) is 0. The van der Waals surface area contributed by atoms with Gasteiger partial charge in [0.15, 0.2) is 0 Å². The number of cyclic esters (lactones) is 1. The Hall–Kier alpha value is -2.13. The van der Waals surface area contributed by atoms with Crippen LogP contribution in [0.2, 0.25) is 0 Å². The van der Waals surface area contributed by atoms with Gasteiger partial charge in [0.05, 0.1) is 34.3 Å². The van der Waals surface area contributed by atoms with Gasteiger partial charge in [0, 0.05) is 18.9 Å². The highest BCUT2D eigenvalue weighted by Gasteiger charge is 2.43. The van der Waals surface area contributed by atoms with E-state index in [0.717, 1.165) is 52.9 Å². The number of unbranched alkanes of at least 4 members (excludes halogenated alkanes) is 1. The molecule has 1 aliphatic rings. The van der Waals surface area contributed by atoms with Crippen LogP contribution in [0.3, 0.4) is 0 Å². The van der Waals surface area contributed by atoms with Crippen molar-refractivity contribution in [3.8, 4) is 0 Å². The third-order valence-corrected chi connectivity index (χ3v) is 9.27. The maximum absolute atomic E-state index is 13.7.